The summed E-state index contributed by atoms with van der Waals surface area (Å²) in [5, 5.41) is 9.73. The number of nitrogens with two attached hydrogens (primary N) is 1. The monoisotopic (exact) mass is 721 g/mol. The average molecular weight is 722 g/mol. The number of morpholine rings is 1. The number of primary amides is 1. The van der Waals surface area contributed by atoms with Crippen molar-refractivity contribution in [3.63, 3.8) is 0 Å². The first kappa shape index (κ1) is 38.0. The van der Waals surface area contributed by atoms with E-state index in [9.17, 15) is 28.8 Å². The van der Waals surface area contributed by atoms with Crippen LogP contribution in [0.15, 0.2) is 97.1 Å². The minimum atomic E-state index is -1.18. The Balaban J connectivity index is 1.28. The van der Waals surface area contributed by atoms with Gasteiger partial charge in [0.25, 0.3) is 11.8 Å². The second-order valence-corrected chi connectivity index (χ2v) is 12.7. The van der Waals surface area contributed by atoms with Crippen LogP contribution in [0.3, 0.4) is 0 Å². The standard InChI is InChI=1S/C39H43N7O7/c1-26(42-39(52)44-19-21-53-22-20-44)37(50)41-27(2)38(51)43-46(25-34(40)47)36(49)18-17-35(48)45(23-30-13-7-11-28-9-3-5-15-32(28)30)24-31-14-8-12-29-10-4-6-16-33(29)31/h3-18,26-27H,19-25H2,1-2H3,(H2,40,47)(H,41,50)(H,42,52)(H,43,51)/b18-17+/t26-,27+/m1/s1. The van der Waals surface area contributed by atoms with Gasteiger partial charge in [0.05, 0.1) is 13.2 Å². The Morgan fingerprint density at radius 1 is 0.717 bits per heavy atom. The predicted octanol–water partition coefficient (Wildman–Crippen LogP) is 2.36. The molecule has 276 valence electrons. The van der Waals surface area contributed by atoms with Gasteiger partial charge in [-0.15, -0.1) is 0 Å². The molecule has 1 aliphatic heterocycles. The Bertz CT molecular complexity index is 1940. The lowest BCUT2D eigenvalue weighted by Gasteiger charge is -2.28. The molecule has 0 aromatic heterocycles. The van der Waals surface area contributed by atoms with Gasteiger partial charge in [-0.1, -0.05) is 84.9 Å². The highest BCUT2D eigenvalue weighted by Gasteiger charge is 2.26. The molecule has 5 rings (SSSR count). The maximum atomic E-state index is 13.9. The SMILES string of the molecule is C[C@H](NC(=O)[C@@H](C)NC(=O)N1CCOCC1)C(=O)NN(CC(N)=O)C(=O)/C=C/C(=O)N(Cc1cccc2ccccc12)Cc1cccc2ccccc12. The third-order valence-electron chi connectivity index (χ3n) is 8.77. The fourth-order valence-corrected chi connectivity index (χ4v) is 5.89. The van der Waals surface area contributed by atoms with Crippen molar-refractivity contribution in [3.8, 4) is 0 Å². The number of hydrogen-bond acceptors (Lipinski definition) is 7. The lowest BCUT2D eigenvalue weighted by Crippen LogP contribution is -2.57. The van der Waals surface area contributed by atoms with E-state index in [2.05, 4.69) is 16.1 Å². The molecule has 1 aliphatic rings. The van der Waals surface area contributed by atoms with Crippen molar-refractivity contribution in [2.24, 2.45) is 5.73 Å². The topological polar surface area (TPSA) is 183 Å². The highest BCUT2D eigenvalue weighted by Crippen LogP contribution is 2.24. The summed E-state index contributed by atoms with van der Waals surface area (Å²) in [7, 11) is 0. The molecule has 0 unspecified atom stereocenters. The average Bonchev–Trinajstić information content (AvgIpc) is 3.16. The molecule has 53 heavy (non-hydrogen) atoms. The summed E-state index contributed by atoms with van der Waals surface area (Å²) in [4.78, 5) is 80.5. The minimum absolute atomic E-state index is 0.228. The van der Waals surface area contributed by atoms with Crippen LogP contribution in [0.1, 0.15) is 25.0 Å². The summed E-state index contributed by atoms with van der Waals surface area (Å²) in [5.41, 5.74) is 9.49. The van der Waals surface area contributed by atoms with Crippen LogP contribution in [-0.4, -0.2) is 95.3 Å². The maximum absolute atomic E-state index is 13.9. The van der Waals surface area contributed by atoms with E-state index in [1.54, 1.807) is 4.90 Å². The number of benzene rings is 4. The molecule has 7 amide bonds. The third-order valence-corrected chi connectivity index (χ3v) is 8.77. The number of nitrogens with one attached hydrogen (secondary N) is 3. The van der Waals surface area contributed by atoms with E-state index in [0.29, 0.717) is 31.3 Å². The van der Waals surface area contributed by atoms with Crippen LogP contribution in [0.5, 0.6) is 0 Å². The first-order valence-corrected chi connectivity index (χ1v) is 17.2. The Morgan fingerprint density at radius 2 is 1.23 bits per heavy atom. The van der Waals surface area contributed by atoms with E-state index < -0.39 is 54.2 Å². The van der Waals surface area contributed by atoms with Gasteiger partial charge >= 0.3 is 6.03 Å². The van der Waals surface area contributed by atoms with Crippen molar-refractivity contribution in [2.75, 3.05) is 32.8 Å². The number of rotatable bonds is 12. The summed E-state index contributed by atoms with van der Waals surface area (Å²) in [6, 6.07) is 24.8. The summed E-state index contributed by atoms with van der Waals surface area (Å²) >= 11 is 0. The highest BCUT2D eigenvalue weighted by atomic mass is 16.5. The van der Waals surface area contributed by atoms with Gasteiger partial charge in [-0.25, -0.2) is 9.80 Å². The smallest absolute Gasteiger partial charge is 0.318 e. The lowest BCUT2D eigenvalue weighted by molar-refractivity contribution is -0.142. The molecule has 0 aliphatic carbocycles. The zero-order valence-corrected chi connectivity index (χ0v) is 29.6. The number of ether oxygens (including phenoxy) is 1. The number of carbonyl (C=O) groups is 6. The van der Waals surface area contributed by atoms with Gasteiger partial charge in [0.1, 0.15) is 18.6 Å². The van der Waals surface area contributed by atoms with Crippen molar-refractivity contribution in [2.45, 2.75) is 39.0 Å². The Kier molecular flexibility index (Phi) is 12.7. The molecule has 1 fully saturated rings. The van der Waals surface area contributed by atoms with E-state index >= 15 is 0 Å². The van der Waals surface area contributed by atoms with Gasteiger partial charge in [-0.05, 0) is 46.5 Å². The predicted molar refractivity (Wildman–Crippen MR) is 198 cm³/mol. The van der Waals surface area contributed by atoms with E-state index in [1.165, 1.54) is 18.7 Å². The van der Waals surface area contributed by atoms with Gasteiger partial charge in [0.15, 0.2) is 0 Å². The van der Waals surface area contributed by atoms with Gasteiger partial charge in [0, 0.05) is 38.3 Å². The molecule has 0 radical (unpaired) electrons. The first-order valence-electron chi connectivity index (χ1n) is 17.2. The molecule has 0 spiro atoms. The van der Waals surface area contributed by atoms with Crippen molar-refractivity contribution < 1.29 is 33.5 Å². The van der Waals surface area contributed by atoms with Gasteiger partial charge in [-0.2, -0.15) is 0 Å². The van der Waals surface area contributed by atoms with Gasteiger partial charge in [0.2, 0.25) is 17.7 Å². The number of urea groups is 1. The van der Waals surface area contributed by atoms with Crippen LogP contribution in [0.2, 0.25) is 0 Å². The number of fused-ring (bicyclic) bond motifs is 2. The van der Waals surface area contributed by atoms with E-state index in [0.717, 1.165) is 44.8 Å². The largest absolute Gasteiger partial charge is 0.378 e. The normalized spacial score (nSPS) is 14.0. The molecule has 5 N–H and O–H groups in total. The number of nitrogens with zero attached hydrogens (tertiary/aromatic N) is 3. The van der Waals surface area contributed by atoms with Crippen LogP contribution in [0.4, 0.5) is 4.79 Å². The molecule has 4 aromatic carbocycles. The van der Waals surface area contributed by atoms with E-state index in [4.69, 9.17) is 10.5 Å². The number of hydrogen-bond donors (Lipinski definition) is 4. The second kappa shape index (κ2) is 17.8. The van der Waals surface area contributed by atoms with Crippen molar-refractivity contribution in [3.05, 3.63) is 108 Å². The quantitative estimate of drug-likeness (QED) is 0.128. The molecule has 14 nitrogen and oxygen atoms in total. The summed E-state index contributed by atoms with van der Waals surface area (Å²) in [6.07, 6.45) is 2.04. The first-order chi connectivity index (χ1) is 25.5. The molecule has 0 bridgehead atoms. The minimum Gasteiger partial charge on any atom is -0.378 e. The zero-order chi connectivity index (χ0) is 37.9. The number of carbonyl (C=O) groups excluding carboxylic acids is 6. The molecule has 14 heteroatoms. The fourth-order valence-electron chi connectivity index (χ4n) is 5.89. The number of hydrazine groups is 1. The van der Waals surface area contributed by atoms with Crippen LogP contribution in [0.25, 0.3) is 21.5 Å². The maximum Gasteiger partial charge on any atom is 0.318 e. The van der Waals surface area contributed by atoms with Crippen molar-refractivity contribution in [1.29, 1.82) is 0 Å². The number of amides is 7. The Morgan fingerprint density at radius 3 is 1.79 bits per heavy atom. The van der Waals surface area contributed by atoms with Gasteiger partial charge in [-0.3, -0.25) is 29.4 Å². The molecule has 1 saturated heterocycles. The van der Waals surface area contributed by atoms with Crippen molar-refractivity contribution in [1.82, 2.24) is 30.9 Å². The van der Waals surface area contributed by atoms with Crippen LogP contribution < -0.4 is 21.8 Å². The van der Waals surface area contributed by atoms with Crippen LogP contribution in [-0.2, 0) is 41.8 Å². The molecule has 1 heterocycles. The zero-order valence-electron chi connectivity index (χ0n) is 29.6. The second-order valence-electron chi connectivity index (χ2n) is 12.7. The summed E-state index contributed by atoms with van der Waals surface area (Å²) in [5.74, 6) is -3.80. The highest BCUT2D eigenvalue weighted by molar-refractivity contribution is 5.99. The summed E-state index contributed by atoms with van der Waals surface area (Å²) in [6.45, 7) is 4.14. The van der Waals surface area contributed by atoms with E-state index in [-0.39, 0.29) is 13.1 Å². The molecule has 0 saturated carbocycles. The van der Waals surface area contributed by atoms with Crippen LogP contribution >= 0.6 is 0 Å². The third kappa shape index (κ3) is 10.2. The molecular formula is C39H43N7O7. The van der Waals surface area contributed by atoms with Gasteiger partial charge < -0.3 is 30.9 Å². The van der Waals surface area contributed by atoms with Crippen molar-refractivity contribution >= 4 is 57.1 Å². The summed E-state index contributed by atoms with van der Waals surface area (Å²) < 4.78 is 5.24. The van der Waals surface area contributed by atoms with E-state index in [1.807, 2.05) is 84.9 Å². The Hall–Kier alpha value is -6.28. The molecule has 4 aromatic rings. The lowest BCUT2D eigenvalue weighted by atomic mass is 10.0. The van der Waals surface area contributed by atoms with Crippen LogP contribution in [0, 0.1) is 0 Å². The molecule has 2 atom stereocenters. The Labute approximate surface area is 306 Å². The molecular weight excluding hydrogens is 678 g/mol. The fraction of sp³-hybridized carbons (Fsp3) is 0.282.